The van der Waals surface area contributed by atoms with Crippen molar-refractivity contribution in [3.05, 3.63) is 5.01 Å². The zero-order valence-corrected chi connectivity index (χ0v) is 11.6. The van der Waals surface area contributed by atoms with Crippen LogP contribution in [0.4, 0.5) is 5.13 Å². The number of methoxy groups -OCH3 is 1. The van der Waals surface area contributed by atoms with Crippen LogP contribution in [-0.2, 0) is 4.74 Å². The van der Waals surface area contributed by atoms with E-state index in [9.17, 15) is 0 Å². The van der Waals surface area contributed by atoms with Gasteiger partial charge in [-0.25, -0.2) is 0 Å². The zero-order chi connectivity index (χ0) is 12.3. The Balaban J connectivity index is 1.79. The van der Waals surface area contributed by atoms with E-state index in [1.165, 1.54) is 17.8 Å². The summed E-state index contributed by atoms with van der Waals surface area (Å²) in [6, 6.07) is 0. The smallest absolute Gasteiger partial charge is 0.205 e. The van der Waals surface area contributed by atoms with Crippen molar-refractivity contribution in [2.75, 3.05) is 25.6 Å². The second-order valence-corrected chi connectivity index (χ2v) is 6.49. The number of hydrogen-bond donors (Lipinski definition) is 1. The van der Waals surface area contributed by atoms with Gasteiger partial charge in [-0.2, -0.15) is 0 Å². The molecule has 1 aromatic rings. The largest absolute Gasteiger partial charge is 0.385 e. The highest BCUT2D eigenvalue weighted by Crippen LogP contribution is 2.42. The van der Waals surface area contributed by atoms with Gasteiger partial charge in [0.25, 0.3) is 0 Å². The van der Waals surface area contributed by atoms with Crippen LogP contribution >= 0.6 is 11.3 Å². The molecule has 17 heavy (non-hydrogen) atoms. The Morgan fingerprint density at radius 1 is 1.41 bits per heavy atom. The summed E-state index contributed by atoms with van der Waals surface area (Å²) in [5.41, 5.74) is 0.224. The first kappa shape index (κ1) is 12.8. The molecule has 1 saturated carbocycles. The summed E-state index contributed by atoms with van der Waals surface area (Å²) in [7, 11) is 1.75. The highest BCUT2D eigenvalue weighted by atomic mass is 32.1. The summed E-state index contributed by atoms with van der Waals surface area (Å²) < 4.78 is 5.12. The molecule has 5 heteroatoms. The Hall–Kier alpha value is -0.680. The minimum atomic E-state index is 0.224. The first-order valence-corrected chi connectivity index (χ1v) is 6.98. The summed E-state index contributed by atoms with van der Waals surface area (Å²) in [4.78, 5) is 0. The van der Waals surface area contributed by atoms with Gasteiger partial charge in [-0.1, -0.05) is 25.2 Å². The van der Waals surface area contributed by atoms with Crippen LogP contribution in [0.3, 0.4) is 0 Å². The van der Waals surface area contributed by atoms with E-state index in [4.69, 9.17) is 4.74 Å². The van der Waals surface area contributed by atoms with Crippen LogP contribution in [0.1, 0.15) is 44.0 Å². The van der Waals surface area contributed by atoms with Crippen LogP contribution < -0.4 is 5.32 Å². The van der Waals surface area contributed by atoms with Gasteiger partial charge in [-0.15, -0.1) is 10.2 Å². The molecule has 0 saturated heterocycles. The molecule has 0 spiro atoms. The molecule has 1 aliphatic carbocycles. The van der Waals surface area contributed by atoms with Gasteiger partial charge >= 0.3 is 0 Å². The van der Waals surface area contributed by atoms with Gasteiger partial charge in [0.15, 0.2) is 0 Å². The summed E-state index contributed by atoms with van der Waals surface area (Å²) in [5.74, 6) is 0.699. The van der Waals surface area contributed by atoms with E-state index in [-0.39, 0.29) is 5.41 Å². The Morgan fingerprint density at radius 2 is 2.18 bits per heavy atom. The van der Waals surface area contributed by atoms with Crippen LogP contribution in [-0.4, -0.2) is 30.5 Å². The topological polar surface area (TPSA) is 47.0 Å². The Morgan fingerprint density at radius 3 is 2.82 bits per heavy atom. The summed E-state index contributed by atoms with van der Waals surface area (Å²) in [6.07, 6.45) is 3.62. The predicted octanol–water partition coefficient (Wildman–Crippen LogP) is 2.89. The lowest BCUT2D eigenvalue weighted by Gasteiger charge is -2.24. The molecular weight excluding hydrogens is 234 g/mol. The minimum absolute atomic E-state index is 0.224. The van der Waals surface area contributed by atoms with Crippen LogP contribution in [0.2, 0.25) is 0 Å². The van der Waals surface area contributed by atoms with E-state index in [0.29, 0.717) is 5.92 Å². The Labute approximate surface area is 107 Å². The highest BCUT2D eigenvalue weighted by Gasteiger charge is 2.27. The van der Waals surface area contributed by atoms with E-state index in [1.807, 2.05) is 0 Å². The van der Waals surface area contributed by atoms with Crippen molar-refractivity contribution in [1.82, 2.24) is 10.2 Å². The third-order valence-corrected chi connectivity index (χ3v) is 4.11. The molecule has 96 valence electrons. The molecule has 1 fully saturated rings. The molecule has 0 radical (unpaired) electrons. The van der Waals surface area contributed by atoms with E-state index in [1.54, 1.807) is 18.4 Å². The molecule has 0 amide bonds. The fraction of sp³-hybridized carbons (Fsp3) is 0.833. The molecule has 1 heterocycles. The van der Waals surface area contributed by atoms with Crippen LogP contribution in [0.25, 0.3) is 0 Å². The van der Waals surface area contributed by atoms with Crippen molar-refractivity contribution in [1.29, 1.82) is 0 Å². The first-order valence-electron chi connectivity index (χ1n) is 6.17. The van der Waals surface area contributed by atoms with Crippen molar-refractivity contribution in [3.63, 3.8) is 0 Å². The van der Waals surface area contributed by atoms with E-state index < -0.39 is 0 Å². The maximum absolute atomic E-state index is 5.12. The third kappa shape index (κ3) is 3.92. The molecule has 2 rings (SSSR count). The average molecular weight is 255 g/mol. The van der Waals surface area contributed by atoms with Crippen molar-refractivity contribution < 1.29 is 4.74 Å². The summed E-state index contributed by atoms with van der Waals surface area (Å²) in [6.45, 7) is 6.19. The molecule has 1 aromatic heterocycles. The SMILES string of the molecule is COCCC(C)(C)CNc1nnc(C2CC2)s1. The van der Waals surface area contributed by atoms with Gasteiger partial charge in [-0.05, 0) is 24.7 Å². The van der Waals surface area contributed by atoms with Crippen molar-refractivity contribution in [2.24, 2.45) is 5.41 Å². The van der Waals surface area contributed by atoms with E-state index >= 15 is 0 Å². The Kier molecular flexibility index (Phi) is 3.99. The summed E-state index contributed by atoms with van der Waals surface area (Å²) in [5, 5.41) is 13.9. The summed E-state index contributed by atoms with van der Waals surface area (Å²) >= 11 is 1.70. The normalized spacial score (nSPS) is 16.2. The number of ether oxygens (including phenoxy) is 1. The number of anilines is 1. The fourth-order valence-electron chi connectivity index (χ4n) is 1.58. The average Bonchev–Trinajstić information content (AvgIpc) is 3.04. The van der Waals surface area contributed by atoms with Gasteiger partial charge in [0.05, 0.1) is 0 Å². The molecule has 0 aromatic carbocycles. The highest BCUT2D eigenvalue weighted by molar-refractivity contribution is 7.15. The molecule has 0 unspecified atom stereocenters. The van der Waals surface area contributed by atoms with Crippen molar-refractivity contribution in [3.8, 4) is 0 Å². The number of hydrogen-bond acceptors (Lipinski definition) is 5. The number of nitrogens with zero attached hydrogens (tertiary/aromatic N) is 2. The molecule has 0 atom stereocenters. The monoisotopic (exact) mass is 255 g/mol. The molecule has 1 aliphatic rings. The molecular formula is C12H21N3OS. The predicted molar refractivity (Wildman–Crippen MR) is 70.6 cm³/mol. The van der Waals surface area contributed by atoms with Crippen LogP contribution in [0.15, 0.2) is 0 Å². The molecule has 4 nitrogen and oxygen atoms in total. The van der Waals surface area contributed by atoms with Gasteiger partial charge < -0.3 is 10.1 Å². The number of rotatable bonds is 7. The molecule has 1 N–H and O–H groups in total. The van der Waals surface area contributed by atoms with Crippen molar-refractivity contribution in [2.45, 2.75) is 39.0 Å². The zero-order valence-electron chi connectivity index (χ0n) is 10.8. The number of aromatic nitrogens is 2. The fourth-order valence-corrected chi connectivity index (χ4v) is 2.49. The Bertz CT molecular complexity index is 360. The van der Waals surface area contributed by atoms with E-state index in [0.717, 1.165) is 24.7 Å². The first-order chi connectivity index (χ1) is 8.11. The van der Waals surface area contributed by atoms with Gasteiger partial charge in [0.1, 0.15) is 5.01 Å². The van der Waals surface area contributed by atoms with Gasteiger partial charge in [0, 0.05) is 26.2 Å². The maximum Gasteiger partial charge on any atom is 0.205 e. The third-order valence-electron chi connectivity index (χ3n) is 3.07. The quantitative estimate of drug-likeness (QED) is 0.814. The second kappa shape index (κ2) is 5.31. The standard InChI is InChI=1S/C12H21N3OS/c1-12(2,6-7-16-3)8-13-11-15-14-10(17-11)9-4-5-9/h9H,4-8H2,1-3H3,(H,13,15). The van der Waals surface area contributed by atoms with Gasteiger partial charge in [-0.3, -0.25) is 0 Å². The minimum Gasteiger partial charge on any atom is -0.385 e. The van der Waals surface area contributed by atoms with Gasteiger partial charge in [0.2, 0.25) is 5.13 Å². The molecule has 0 bridgehead atoms. The lowest BCUT2D eigenvalue weighted by Crippen LogP contribution is -2.24. The van der Waals surface area contributed by atoms with Crippen LogP contribution in [0.5, 0.6) is 0 Å². The number of nitrogens with one attached hydrogen (secondary N) is 1. The molecule has 0 aliphatic heterocycles. The van der Waals surface area contributed by atoms with Crippen molar-refractivity contribution >= 4 is 16.5 Å². The maximum atomic E-state index is 5.12. The lowest BCUT2D eigenvalue weighted by molar-refractivity contribution is 0.157. The van der Waals surface area contributed by atoms with Crippen LogP contribution in [0, 0.1) is 5.41 Å². The second-order valence-electron chi connectivity index (χ2n) is 5.48. The lowest BCUT2D eigenvalue weighted by atomic mass is 9.90. The van der Waals surface area contributed by atoms with E-state index in [2.05, 4.69) is 29.4 Å².